The summed E-state index contributed by atoms with van der Waals surface area (Å²) < 4.78 is 18.1. The molecule has 0 bridgehead atoms. The van der Waals surface area contributed by atoms with Gasteiger partial charge in [-0.25, -0.2) is 4.39 Å². The van der Waals surface area contributed by atoms with E-state index in [0.717, 1.165) is 13.2 Å². The minimum atomic E-state index is -0.638. The first-order chi connectivity index (χ1) is 4.86. The molecule has 4 heteroatoms. The third-order valence-electron chi connectivity index (χ3n) is 2.29. The van der Waals surface area contributed by atoms with Crippen LogP contribution < -0.4 is 5.32 Å². The minimum absolute atomic E-state index is 0. The minimum Gasteiger partial charge on any atom is -0.375 e. The Morgan fingerprint density at radius 1 is 1.36 bits per heavy atom. The Balaban J connectivity index is 0.000000605. The highest BCUT2D eigenvalue weighted by molar-refractivity contribution is 5.85. The summed E-state index contributed by atoms with van der Waals surface area (Å²) in [4.78, 5) is 0. The van der Waals surface area contributed by atoms with Crippen molar-refractivity contribution >= 4 is 12.4 Å². The average Bonchev–Trinajstić information content (AvgIpc) is 2.27. The summed E-state index contributed by atoms with van der Waals surface area (Å²) in [6.45, 7) is 1.63. The lowest BCUT2D eigenvalue weighted by Gasteiger charge is -2.26. The highest BCUT2D eigenvalue weighted by Gasteiger charge is 2.36. The smallest absolute Gasteiger partial charge is 0.104 e. The monoisotopic (exact) mass is 181 g/mol. The van der Waals surface area contributed by atoms with E-state index in [1.807, 2.05) is 0 Å². The van der Waals surface area contributed by atoms with Gasteiger partial charge in [0.15, 0.2) is 0 Å². The number of hydrogen-bond donors (Lipinski definition) is 1. The second kappa shape index (κ2) is 3.70. The number of hydrogen-bond acceptors (Lipinski definition) is 2. The molecule has 1 N–H and O–H groups in total. The summed E-state index contributed by atoms with van der Waals surface area (Å²) in [6, 6.07) is 0.295. The van der Waals surface area contributed by atoms with Crippen LogP contribution in [-0.4, -0.2) is 31.5 Å². The lowest BCUT2D eigenvalue weighted by Crippen LogP contribution is -2.44. The van der Waals surface area contributed by atoms with Crippen LogP contribution in [0, 0.1) is 0 Å². The first-order valence-electron chi connectivity index (χ1n) is 3.85. The first kappa shape index (κ1) is 9.23. The normalized spacial score (nSPS) is 42.8. The Labute approximate surface area is 71.9 Å². The van der Waals surface area contributed by atoms with Crippen LogP contribution >= 0.6 is 12.4 Å². The maximum absolute atomic E-state index is 12.7. The molecule has 1 aliphatic heterocycles. The van der Waals surface area contributed by atoms with E-state index in [9.17, 15) is 4.39 Å². The van der Waals surface area contributed by atoms with E-state index < -0.39 is 6.17 Å². The van der Waals surface area contributed by atoms with Crippen LogP contribution in [0.15, 0.2) is 0 Å². The van der Waals surface area contributed by atoms with Crippen molar-refractivity contribution < 1.29 is 9.13 Å². The third kappa shape index (κ3) is 1.83. The highest BCUT2D eigenvalue weighted by atomic mass is 35.5. The van der Waals surface area contributed by atoms with E-state index >= 15 is 0 Å². The summed E-state index contributed by atoms with van der Waals surface area (Å²) in [5, 5.41) is 3.25. The van der Waals surface area contributed by atoms with Gasteiger partial charge in [-0.2, -0.15) is 0 Å². The topological polar surface area (TPSA) is 21.3 Å². The van der Waals surface area contributed by atoms with E-state index in [1.54, 1.807) is 0 Å². The summed E-state index contributed by atoms with van der Waals surface area (Å²) in [6.07, 6.45) is 0.756. The maximum atomic E-state index is 12.7. The van der Waals surface area contributed by atoms with Gasteiger partial charge in [-0.15, -0.1) is 12.4 Å². The molecule has 11 heavy (non-hydrogen) atoms. The fourth-order valence-electron chi connectivity index (χ4n) is 1.79. The van der Waals surface area contributed by atoms with Crippen molar-refractivity contribution in [3.05, 3.63) is 0 Å². The molecule has 3 atom stereocenters. The lowest BCUT2D eigenvalue weighted by molar-refractivity contribution is 0.00973. The van der Waals surface area contributed by atoms with Crippen LogP contribution in [-0.2, 0) is 4.74 Å². The van der Waals surface area contributed by atoms with Crippen molar-refractivity contribution in [3.8, 4) is 0 Å². The van der Waals surface area contributed by atoms with E-state index in [0.29, 0.717) is 18.9 Å². The van der Waals surface area contributed by atoms with Gasteiger partial charge in [0, 0.05) is 19.0 Å². The summed E-state index contributed by atoms with van der Waals surface area (Å²) >= 11 is 0. The number of fused-ring (bicyclic) bond motifs is 1. The molecule has 0 aromatic rings. The molecule has 1 saturated heterocycles. The number of rotatable bonds is 0. The molecule has 3 unspecified atom stereocenters. The zero-order valence-corrected chi connectivity index (χ0v) is 7.07. The van der Waals surface area contributed by atoms with Crippen molar-refractivity contribution in [2.45, 2.75) is 31.2 Å². The van der Waals surface area contributed by atoms with Crippen LogP contribution in [0.2, 0.25) is 0 Å². The van der Waals surface area contributed by atoms with Gasteiger partial charge >= 0.3 is 0 Å². The number of ether oxygens (including phenoxy) is 1. The quantitative estimate of drug-likeness (QED) is 0.600. The molecule has 0 spiro atoms. The number of alkyl halides is 1. The summed E-state index contributed by atoms with van der Waals surface area (Å²) in [5.41, 5.74) is 0. The second-order valence-corrected chi connectivity index (χ2v) is 3.04. The zero-order chi connectivity index (χ0) is 6.97. The van der Waals surface area contributed by atoms with Gasteiger partial charge < -0.3 is 10.1 Å². The predicted octanol–water partition coefficient (Wildman–Crippen LogP) is 0.897. The molecule has 1 saturated carbocycles. The third-order valence-corrected chi connectivity index (χ3v) is 2.29. The molecule has 2 aliphatic rings. The maximum Gasteiger partial charge on any atom is 0.104 e. The molecular formula is C7H13ClFNO. The van der Waals surface area contributed by atoms with Crippen molar-refractivity contribution in [2.75, 3.05) is 13.2 Å². The Morgan fingerprint density at radius 2 is 2.18 bits per heavy atom. The van der Waals surface area contributed by atoms with Gasteiger partial charge in [-0.05, 0) is 6.42 Å². The Hall–Kier alpha value is 0.140. The van der Waals surface area contributed by atoms with Crippen LogP contribution in [0.5, 0.6) is 0 Å². The molecule has 66 valence electrons. The molecular weight excluding hydrogens is 169 g/mol. The average molecular weight is 182 g/mol. The van der Waals surface area contributed by atoms with Gasteiger partial charge in [0.2, 0.25) is 0 Å². The molecule has 1 heterocycles. The van der Waals surface area contributed by atoms with E-state index in [2.05, 4.69) is 5.32 Å². The molecule has 0 radical (unpaired) electrons. The van der Waals surface area contributed by atoms with Gasteiger partial charge in [-0.1, -0.05) is 0 Å². The van der Waals surface area contributed by atoms with Crippen LogP contribution in [0.4, 0.5) is 4.39 Å². The number of nitrogens with one attached hydrogen (secondary N) is 1. The lowest BCUT2D eigenvalue weighted by atomic mass is 10.2. The van der Waals surface area contributed by atoms with Gasteiger partial charge in [0.1, 0.15) is 6.17 Å². The van der Waals surface area contributed by atoms with Gasteiger partial charge in [0.05, 0.1) is 12.7 Å². The molecule has 1 aliphatic carbocycles. The fraction of sp³-hybridized carbons (Fsp3) is 1.00. The van der Waals surface area contributed by atoms with E-state index in [4.69, 9.17) is 4.74 Å². The first-order valence-corrected chi connectivity index (χ1v) is 3.85. The van der Waals surface area contributed by atoms with Crippen LogP contribution in [0.25, 0.3) is 0 Å². The predicted molar refractivity (Wildman–Crippen MR) is 42.9 cm³/mol. The molecule has 2 fully saturated rings. The zero-order valence-electron chi connectivity index (χ0n) is 6.25. The largest absolute Gasteiger partial charge is 0.375 e. The summed E-state index contributed by atoms with van der Waals surface area (Å²) in [7, 11) is 0. The number of morpholine rings is 1. The van der Waals surface area contributed by atoms with Gasteiger partial charge in [-0.3, -0.25) is 0 Å². The van der Waals surface area contributed by atoms with Gasteiger partial charge in [0.25, 0.3) is 0 Å². The highest BCUT2D eigenvalue weighted by Crippen LogP contribution is 2.26. The standard InChI is InChI=1S/C7H12FNO.ClH/c8-5-3-6-7(4-5)10-2-1-9-6;/h5-7,9H,1-4H2;1H. The van der Waals surface area contributed by atoms with Crippen molar-refractivity contribution in [1.29, 1.82) is 0 Å². The molecule has 2 nitrogen and oxygen atoms in total. The summed E-state index contributed by atoms with van der Waals surface area (Å²) in [5.74, 6) is 0. The fourth-order valence-corrected chi connectivity index (χ4v) is 1.79. The SMILES string of the molecule is Cl.FC1CC2NCCOC2C1. The Kier molecular flexibility index (Phi) is 3.10. The second-order valence-electron chi connectivity index (χ2n) is 3.04. The van der Waals surface area contributed by atoms with Crippen molar-refractivity contribution in [3.63, 3.8) is 0 Å². The van der Waals surface area contributed by atoms with Crippen LogP contribution in [0.1, 0.15) is 12.8 Å². The van der Waals surface area contributed by atoms with Crippen molar-refractivity contribution in [1.82, 2.24) is 5.32 Å². The molecule has 0 aromatic carbocycles. The number of halogens is 2. The molecule has 2 rings (SSSR count). The van der Waals surface area contributed by atoms with E-state index in [-0.39, 0.29) is 18.5 Å². The Bertz CT molecular complexity index is 122. The Morgan fingerprint density at radius 3 is 2.91 bits per heavy atom. The van der Waals surface area contributed by atoms with E-state index in [1.165, 1.54) is 0 Å². The van der Waals surface area contributed by atoms with Crippen molar-refractivity contribution in [2.24, 2.45) is 0 Å². The molecule has 0 aromatic heterocycles. The molecule has 0 amide bonds. The van der Waals surface area contributed by atoms with Crippen LogP contribution in [0.3, 0.4) is 0 Å².